The number of anilines is 1. The molecule has 0 fully saturated rings. The van der Waals surface area contributed by atoms with Gasteiger partial charge in [-0.2, -0.15) is 10.1 Å². The third-order valence-electron chi connectivity index (χ3n) is 2.98. The van der Waals surface area contributed by atoms with E-state index in [0.717, 1.165) is 21.2 Å². The molecule has 0 aromatic carbocycles. The van der Waals surface area contributed by atoms with E-state index in [1.165, 1.54) is 0 Å². The number of nitrogens with one attached hydrogen (secondary N) is 1. The second-order valence-electron chi connectivity index (χ2n) is 4.58. The van der Waals surface area contributed by atoms with E-state index >= 15 is 0 Å². The molecular formula is C12H16N6O2S. The van der Waals surface area contributed by atoms with Crippen LogP contribution >= 0.6 is 11.3 Å². The lowest BCUT2D eigenvalue weighted by atomic mass is 10.4. The summed E-state index contributed by atoms with van der Waals surface area (Å²) < 4.78 is 13.0. The van der Waals surface area contributed by atoms with Crippen molar-refractivity contribution in [3.8, 4) is 0 Å². The molecule has 21 heavy (non-hydrogen) atoms. The van der Waals surface area contributed by atoms with Gasteiger partial charge in [-0.1, -0.05) is 16.5 Å². The second-order valence-corrected chi connectivity index (χ2v) is 5.58. The number of methoxy groups -OCH3 is 1. The molecule has 0 aliphatic carbocycles. The van der Waals surface area contributed by atoms with Crippen molar-refractivity contribution in [2.45, 2.75) is 19.9 Å². The van der Waals surface area contributed by atoms with Crippen molar-refractivity contribution in [3.05, 3.63) is 17.4 Å². The molecular weight excluding hydrogens is 292 g/mol. The predicted molar refractivity (Wildman–Crippen MR) is 78.3 cm³/mol. The van der Waals surface area contributed by atoms with Gasteiger partial charge < -0.3 is 14.6 Å². The van der Waals surface area contributed by atoms with Crippen molar-refractivity contribution < 1.29 is 9.26 Å². The van der Waals surface area contributed by atoms with E-state index in [4.69, 9.17) is 9.26 Å². The van der Waals surface area contributed by atoms with Crippen LogP contribution in [-0.2, 0) is 24.8 Å². The van der Waals surface area contributed by atoms with Gasteiger partial charge in [-0.05, 0) is 6.92 Å². The van der Waals surface area contributed by atoms with Crippen LogP contribution in [0.2, 0.25) is 0 Å². The van der Waals surface area contributed by atoms with Gasteiger partial charge in [0.2, 0.25) is 5.89 Å². The first-order valence-corrected chi connectivity index (χ1v) is 7.33. The maximum absolute atomic E-state index is 5.17. The van der Waals surface area contributed by atoms with Crippen LogP contribution < -0.4 is 5.32 Å². The van der Waals surface area contributed by atoms with E-state index < -0.39 is 0 Å². The first kappa shape index (κ1) is 14.0. The minimum absolute atomic E-state index is 0.451. The molecule has 0 unspecified atom stereocenters. The molecule has 0 amide bonds. The summed E-state index contributed by atoms with van der Waals surface area (Å²) in [6.07, 6.45) is 0.645. The number of thiazole rings is 1. The fraction of sp³-hybridized carbons (Fsp3) is 0.500. The summed E-state index contributed by atoms with van der Waals surface area (Å²) >= 11 is 1.57. The Morgan fingerprint density at radius 2 is 2.24 bits per heavy atom. The summed E-state index contributed by atoms with van der Waals surface area (Å²) in [5.74, 6) is 1.19. The van der Waals surface area contributed by atoms with Crippen LogP contribution in [0.1, 0.15) is 17.4 Å². The average molecular weight is 308 g/mol. The Morgan fingerprint density at radius 1 is 1.38 bits per heavy atom. The predicted octanol–water partition coefficient (Wildman–Crippen LogP) is 1.52. The lowest BCUT2D eigenvalue weighted by molar-refractivity contribution is 0.199. The van der Waals surface area contributed by atoms with Crippen molar-refractivity contribution in [2.75, 3.05) is 19.0 Å². The molecule has 3 rings (SSSR count). The van der Waals surface area contributed by atoms with Gasteiger partial charge >= 0.3 is 0 Å². The maximum Gasteiger partial charge on any atom is 0.246 e. The Labute approximate surface area is 125 Å². The molecule has 0 saturated heterocycles. The van der Waals surface area contributed by atoms with Gasteiger partial charge in [0.15, 0.2) is 16.6 Å². The summed E-state index contributed by atoms with van der Waals surface area (Å²) in [4.78, 5) is 8.78. The van der Waals surface area contributed by atoms with Gasteiger partial charge in [-0.3, -0.25) is 0 Å². The fourth-order valence-electron chi connectivity index (χ4n) is 1.97. The zero-order valence-corrected chi connectivity index (χ0v) is 12.9. The number of aromatic nitrogens is 5. The molecule has 3 aromatic heterocycles. The van der Waals surface area contributed by atoms with Crippen molar-refractivity contribution >= 4 is 26.8 Å². The van der Waals surface area contributed by atoms with E-state index in [0.29, 0.717) is 31.3 Å². The van der Waals surface area contributed by atoms with E-state index in [1.807, 2.05) is 14.0 Å². The highest BCUT2D eigenvalue weighted by Gasteiger charge is 2.12. The van der Waals surface area contributed by atoms with Crippen molar-refractivity contribution in [2.24, 2.45) is 7.05 Å². The molecule has 3 aromatic rings. The molecule has 0 radical (unpaired) electrons. The molecule has 0 spiro atoms. The number of nitrogens with zero attached hydrogens (tertiary/aromatic N) is 5. The zero-order chi connectivity index (χ0) is 14.8. The summed E-state index contributed by atoms with van der Waals surface area (Å²) in [5.41, 5.74) is 1.86. The van der Waals surface area contributed by atoms with Gasteiger partial charge in [0, 0.05) is 20.6 Å². The third kappa shape index (κ3) is 2.88. The van der Waals surface area contributed by atoms with Crippen LogP contribution in [-0.4, -0.2) is 38.6 Å². The highest BCUT2D eigenvalue weighted by molar-refractivity contribution is 7.22. The molecule has 0 aliphatic heterocycles. The maximum atomic E-state index is 5.17. The SMILES string of the molecule is COCCc1noc(CNc2nc3c(s2)c(C)nn3C)n1. The lowest BCUT2D eigenvalue weighted by Crippen LogP contribution is -2.01. The molecule has 0 bridgehead atoms. The van der Waals surface area contributed by atoms with E-state index in [-0.39, 0.29) is 0 Å². The van der Waals surface area contributed by atoms with Gasteiger partial charge in [0.25, 0.3) is 0 Å². The van der Waals surface area contributed by atoms with E-state index in [1.54, 1.807) is 23.1 Å². The average Bonchev–Trinajstić information content (AvgIpc) is 3.14. The Bertz CT molecular complexity index is 712. The lowest BCUT2D eigenvalue weighted by Gasteiger charge is -1.96. The van der Waals surface area contributed by atoms with E-state index in [9.17, 15) is 0 Å². The first-order valence-electron chi connectivity index (χ1n) is 6.51. The number of hydrogen-bond acceptors (Lipinski definition) is 8. The number of fused-ring (bicyclic) bond motifs is 1. The van der Waals surface area contributed by atoms with Crippen molar-refractivity contribution in [1.82, 2.24) is 24.9 Å². The van der Waals surface area contributed by atoms with Crippen LogP contribution in [0, 0.1) is 6.92 Å². The van der Waals surface area contributed by atoms with Crippen LogP contribution in [0.15, 0.2) is 4.52 Å². The smallest absolute Gasteiger partial charge is 0.246 e. The van der Waals surface area contributed by atoms with Gasteiger partial charge in [0.1, 0.15) is 0 Å². The second kappa shape index (κ2) is 5.78. The summed E-state index contributed by atoms with van der Waals surface area (Å²) in [5, 5.41) is 12.2. The van der Waals surface area contributed by atoms with Crippen LogP contribution in [0.5, 0.6) is 0 Å². The standard InChI is InChI=1S/C12H16N6O2S/c1-7-10-11(18(2)16-7)15-12(21-10)13-6-9-14-8(17-20-9)4-5-19-3/h4-6H2,1-3H3,(H,13,15). The number of ether oxygens (including phenoxy) is 1. The zero-order valence-electron chi connectivity index (χ0n) is 12.1. The molecule has 0 atom stereocenters. The van der Waals surface area contributed by atoms with Crippen LogP contribution in [0.3, 0.4) is 0 Å². The highest BCUT2D eigenvalue weighted by atomic mass is 32.1. The molecule has 9 heteroatoms. The minimum atomic E-state index is 0.451. The van der Waals surface area contributed by atoms with Crippen LogP contribution in [0.4, 0.5) is 5.13 Å². The molecule has 1 N–H and O–H groups in total. The van der Waals surface area contributed by atoms with E-state index in [2.05, 4.69) is 25.5 Å². The number of rotatable bonds is 6. The Hall–Kier alpha value is -2.00. The highest BCUT2D eigenvalue weighted by Crippen LogP contribution is 2.28. The van der Waals surface area contributed by atoms with Crippen molar-refractivity contribution in [1.29, 1.82) is 0 Å². The normalized spacial score (nSPS) is 11.4. The number of hydrogen-bond donors (Lipinski definition) is 1. The Kier molecular flexibility index (Phi) is 3.84. The molecule has 0 saturated carbocycles. The monoisotopic (exact) mass is 308 g/mol. The summed E-state index contributed by atoms with van der Waals surface area (Å²) in [6.45, 7) is 3.01. The first-order chi connectivity index (χ1) is 10.2. The van der Waals surface area contributed by atoms with Gasteiger partial charge in [-0.15, -0.1) is 0 Å². The summed E-state index contributed by atoms with van der Waals surface area (Å²) in [6, 6.07) is 0. The number of aryl methyl sites for hydroxylation is 2. The Morgan fingerprint density at radius 3 is 3.00 bits per heavy atom. The molecule has 112 valence electrons. The summed E-state index contributed by atoms with van der Waals surface area (Å²) in [7, 11) is 3.53. The third-order valence-corrected chi connectivity index (χ3v) is 4.09. The Balaban J connectivity index is 1.65. The van der Waals surface area contributed by atoms with Gasteiger partial charge in [-0.25, -0.2) is 9.67 Å². The van der Waals surface area contributed by atoms with Crippen molar-refractivity contribution in [3.63, 3.8) is 0 Å². The topological polar surface area (TPSA) is 90.9 Å². The van der Waals surface area contributed by atoms with Gasteiger partial charge in [0.05, 0.1) is 23.5 Å². The molecule has 0 aliphatic rings. The van der Waals surface area contributed by atoms with Crippen LogP contribution in [0.25, 0.3) is 10.3 Å². The fourth-order valence-corrected chi connectivity index (χ4v) is 2.90. The quantitative estimate of drug-likeness (QED) is 0.738. The minimum Gasteiger partial charge on any atom is -0.384 e. The molecule has 8 nitrogen and oxygen atoms in total. The molecule has 3 heterocycles. The largest absolute Gasteiger partial charge is 0.384 e.